The Bertz CT molecular complexity index is 896. The lowest BCUT2D eigenvalue weighted by molar-refractivity contribution is -0.148. The molecule has 1 amide bonds. The molecule has 6 heteroatoms. The van der Waals surface area contributed by atoms with Crippen molar-refractivity contribution in [2.75, 3.05) is 6.54 Å². The second-order valence-corrected chi connectivity index (χ2v) is 9.94. The van der Waals surface area contributed by atoms with E-state index in [1.54, 1.807) is 29.0 Å². The summed E-state index contributed by atoms with van der Waals surface area (Å²) in [5.41, 5.74) is 0.566. The molecule has 1 heterocycles. The molecule has 1 saturated carbocycles. The smallest absolute Gasteiger partial charge is 0.254 e. The van der Waals surface area contributed by atoms with Crippen LogP contribution in [0.4, 0.5) is 4.39 Å². The number of hydrogen-bond donors (Lipinski definition) is 2. The first-order valence-electron chi connectivity index (χ1n) is 10.6. The van der Waals surface area contributed by atoms with E-state index >= 15 is 4.39 Å². The molecule has 2 aromatic carbocycles. The molecule has 2 atom stereocenters. The van der Waals surface area contributed by atoms with Gasteiger partial charge in [-0.1, -0.05) is 60.5 Å². The Morgan fingerprint density at radius 2 is 1.90 bits per heavy atom. The predicted octanol–water partition coefficient (Wildman–Crippen LogP) is 4.18. The molecule has 0 aromatic heterocycles. The number of carbonyl (C=O) groups excluding carboxylic acids is 1. The number of aliphatic hydroxyl groups is 1. The van der Waals surface area contributed by atoms with Gasteiger partial charge in [-0.2, -0.15) is 0 Å². The fourth-order valence-electron chi connectivity index (χ4n) is 4.02. The van der Waals surface area contributed by atoms with Crippen molar-refractivity contribution < 1.29 is 14.3 Å². The van der Waals surface area contributed by atoms with Gasteiger partial charge in [0.1, 0.15) is 11.4 Å². The van der Waals surface area contributed by atoms with Crippen molar-refractivity contribution in [1.82, 2.24) is 9.62 Å². The van der Waals surface area contributed by atoms with E-state index in [-0.39, 0.29) is 23.8 Å². The van der Waals surface area contributed by atoms with E-state index in [2.05, 4.69) is 4.72 Å². The molecular formula is C24H29FN2O2S. The Kier molecular flexibility index (Phi) is 6.19. The molecule has 2 aromatic rings. The van der Waals surface area contributed by atoms with Gasteiger partial charge in [0, 0.05) is 23.4 Å². The van der Waals surface area contributed by atoms with E-state index in [1.165, 1.54) is 26.7 Å². The first kappa shape index (κ1) is 21.3. The second-order valence-electron chi connectivity index (χ2n) is 8.80. The number of amides is 1. The number of nitrogens with one attached hydrogen (secondary N) is 1. The van der Waals surface area contributed by atoms with Gasteiger partial charge >= 0.3 is 0 Å². The summed E-state index contributed by atoms with van der Waals surface area (Å²) in [5, 5.41) is 10.9. The maximum atomic E-state index is 15.4. The van der Waals surface area contributed by atoms with Gasteiger partial charge in [-0.05, 0) is 50.7 Å². The number of likely N-dealkylation sites (tertiary alicyclic amines) is 1. The van der Waals surface area contributed by atoms with Crippen molar-refractivity contribution >= 4 is 17.9 Å². The van der Waals surface area contributed by atoms with Crippen LogP contribution in [0.3, 0.4) is 0 Å². The van der Waals surface area contributed by atoms with Crippen molar-refractivity contribution in [3.63, 3.8) is 0 Å². The summed E-state index contributed by atoms with van der Waals surface area (Å²) >= 11 is 1.74. The van der Waals surface area contributed by atoms with Crippen LogP contribution in [-0.2, 0) is 11.2 Å². The minimum atomic E-state index is -1.44. The van der Waals surface area contributed by atoms with Crippen LogP contribution < -0.4 is 4.72 Å². The number of carbonyl (C=O) groups is 1. The normalized spacial score (nSPS) is 21.8. The zero-order chi connectivity index (χ0) is 21.3. The molecule has 2 fully saturated rings. The van der Waals surface area contributed by atoms with Gasteiger partial charge in [-0.25, -0.2) is 4.39 Å². The van der Waals surface area contributed by atoms with Gasteiger partial charge in [0.2, 0.25) is 0 Å². The molecule has 30 heavy (non-hydrogen) atoms. The average Bonchev–Trinajstić information content (AvgIpc) is 3.47. The van der Waals surface area contributed by atoms with Crippen molar-refractivity contribution in [2.24, 2.45) is 0 Å². The molecule has 4 rings (SSSR count). The Labute approximate surface area is 182 Å². The van der Waals surface area contributed by atoms with E-state index in [4.69, 9.17) is 0 Å². The summed E-state index contributed by atoms with van der Waals surface area (Å²) in [6, 6.07) is 14.9. The average molecular weight is 429 g/mol. The zero-order valence-electron chi connectivity index (χ0n) is 17.5. The quantitative estimate of drug-likeness (QED) is 0.650. The van der Waals surface area contributed by atoms with Crippen LogP contribution in [0.2, 0.25) is 0 Å². The summed E-state index contributed by atoms with van der Waals surface area (Å²) in [6.07, 6.45) is 3.65. The van der Waals surface area contributed by atoms with Crippen molar-refractivity contribution in [1.29, 1.82) is 0 Å². The summed E-state index contributed by atoms with van der Waals surface area (Å²) in [7, 11) is 0. The molecule has 1 saturated heterocycles. The molecule has 1 aliphatic heterocycles. The summed E-state index contributed by atoms with van der Waals surface area (Å²) in [6.45, 7) is 3.60. The predicted molar refractivity (Wildman–Crippen MR) is 119 cm³/mol. The largest absolute Gasteiger partial charge is 0.381 e. The van der Waals surface area contributed by atoms with Crippen molar-refractivity contribution in [2.45, 2.75) is 62.5 Å². The van der Waals surface area contributed by atoms with Gasteiger partial charge in [0.25, 0.3) is 5.91 Å². The van der Waals surface area contributed by atoms with E-state index in [9.17, 15) is 9.90 Å². The molecule has 0 radical (unpaired) electrons. The Morgan fingerprint density at radius 1 is 1.17 bits per heavy atom. The molecule has 2 unspecified atom stereocenters. The highest BCUT2D eigenvalue weighted by atomic mass is 32.2. The van der Waals surface area contributed by atoms with Gasteiger partial charge in [0.15, 0.2) is 0 Å². The Hall–Kier alpha value is -1.89. The number of nitrogens with zero attached hydrogens (tertiary/aromatic N) is 1. The molecule has 160 valence electrons. The van der Waals surface area contributed by atoms with E-state index in [0.717, 1.165) is 12.0 Å². The lowest BCUT2D eigenvalue weighted by atomic mass is 9.95. The number of halogens is 1. The third-order valence-corrected chi connectivity index (χ3v) is 7.08. The first-order valence-corrected chi connectivity index (χ1v) is 11.5. The van der Waals surface area contributed by atoms with Crippen molar-refractivity contribution in [3.8, 4) is 11.1 Å². The standard InChI is InChI=1S/C24H29FN2O2S/c1-24(2,29)23(28)27-14-13-20(26-30-18-11-12-18)21(27)15-17-9-6-10-19(22(17)25)16-7-4-3-5-8-16/h3-10,18,20-21,26,29H,11-15H2,1-2H3. The van der Waals surface area contributed by atoms with Crippen LogP contribution in [0.15, 0.2) is 48.5 Å². The number of benzene rings is 2. The van der Waals surface area contributed by atoms with Crippen LogP contribution in [0.25, 0.3) is 11.1 Å². The lowest BCUT2D eigenvalue weighted by Gasteiger charge is -2.32. The van der Waals surface area contributed by atoms with Crippen LogP contribution in [0.1, 0.15) is 38.7 Å². The van der Waals surface area contributed by atoms with E-state index in [1.807, 2.05) is 36.4 Å². The minimum absolute atomic E-state index is 0.0710. The second kappa shape index (κ2) is 8.69. The van der Waals surface area contributed by atoms with Crippen LogP contribution in [0.5, 0.6) is 0 Å². The Morgan fingerprint density at radius 3 is 2.57 bits per heavy atom. The molecular weight excluding hydrogens is 399 g/mol. The highest BCUT2D eigenvalue weighted by Gasteiger charge is 2.42. The molecule has 0 bridgehead atoms. The zero-order valence-corrected chi connectivity index (χ0v) is 18.3. The maximum absolute atomic E-state index is 15.4. The molecule has 1 aliphatic carbocycles. The summed E-state index contributed by atoms with van der Waals surface area (Å²) < 4.78 is 19.0. The van der Waals surface area contributed by atoms with Gasteiger partial charge in [-0.15, -0.1) is 0 Å². The van der Waals surface area contributed by atoms with Gasteiger partial charge in [-0.3, -0.25) is 9.52 Å². The molecule has 0 spiro atoms. The van der Waals surface area contributed by atoms with Crippen molar-refractivity contribution in [3.05, 3.63) is 59.9 Å². The third kappa shape index (κ3) is 4.71. The summed E-state index contributed by atoms with van der Waals surface area (Å²) in [4.78, 5) is 14.6. The van der Waals surface area contributed by atoms with E-state index < -0.39 is 5.60 Å². The van der Waals surface area contributed by atoms with Crippen LogP contribution in [0, 0.1) is 5.82 Å². The first-order chi connectivity index (χ1) is 14.3. The molecule has 2 aliphatic rings. The van der Waals surface area contributed by atoms with Gasteiger partial charge < -0.3 is 10.0 Å². The SMILES string of the molecule is CC(C)(O)C(=O)N1CCC(NSC2CC2)C1Cc1cccc(-c2ccccc2)c1F. The number of rotatable bonds is 7. The summed E-state index contributed by atoms with van der Waals surface area (Å²) in [5.74, 6) is -0.535. The molecule has 4 nitrogen and oxygen atoms in total. The highest BCUT2D eigenvalue weighted by molar-refractivity contribution is 7.98. The topological polar surface area (TPSA) is 52.6 Å². The van der Waals surface area contributed by atoms with Crippen LogP contribution in [-0.4, -0.2) is 45.4 Å². The molecule has 2 N–H and O–H groups in total. The third-order valence-electron chi connectivity index (χ3n) is 5.83. The minimum Gasteiger partial charge on any atom is -0.381 e. The van der Waals surface area contributed by atoms with Crippen LogP contribution >= 0.6 is 11.9 Å². The fourth-order valence-corrected chi connectivity index (χ4v) is 5.03. The fraction of sp³-hybridized carbons (Fsp3) is 0.458. The van der Waals surface area contributed by atoms with E-state index in [0.29, 0.717) is 29.3 Å². The lowest BCUT2D eigenvalue weighted by Crippen LogP contribution is -2.51. The Balaban J connectivity index is 1.60. The van der Waals surface area contributed by atoms with Gasteiger partial charge in [0.05, 0.1) is 6.04 Å². The maximum Gasteiger partial charge on any atom is 0.254 e. The number of hydrogen-bond acceptors (Lipinski definition) is 4. The highest BCUT2D eigenvalue weighted by Crippen LogP contribution is 2.35. The monoisotopic (exact) mass is 428 g/mol.